The topological polar surface area (TPSA) is 61.9 Å². The molecule has 252 valence electrons. The Kier molecular flexibility index (Phi) is 15.0. The Labute approximate surface area is 289 Å². The minimum atomic E-state index is 0.507. The number of fused-ring (bicyclic) bond motifs is 4. The summed E-state index contributed by atoms with van der Waals surface area (Å²) in [6.07, 6.45) is 2.15. The number of rotatable bonds is 4. The molecule has 0 radical (unpaired) electrons. The first-order chi connectivity index (χ1) is 22.7. The lowest BCUT2D eigenvalue weighted by Gasteiger charge is -2.22. The molecule has 4 aromatic heterocycles. The summed E-state index contributed by atoms with van der Waals surface area (Å²) in [5, 5.41) is 8.42. The first-order valence-electron chi connectivity index (χ1n) is 16.1. The predicted octanol–water partition coefficient (Wildman–Crippen LogP) is 8.02. The van der Waals surface area contributed by atoms with Crippen molar-refractivity contribution in [3.63, 3.8) is 0 Å². The van der Waals surface area contributed by atoms with E-state index in [0.717, 1.165) is 75.1 Å². The summed E-state index contributed by atoms with van der Waals surface area (Å²) >= 11 is 6.96. The van der Waals surface area contributed by atoms with Gasteiger partial charge < -0.3 is 28.4 Å². The van der Waals surface area contributed by atoms with Crippen LogP contribution in [0.3, 0.4) is 0 Å². The zero-order valence-electron chi connectivity index (χ0n) is 26.9. The highest BCUT2D eigenvalue weighted by molar-refractivity contribution is 7.11. The average molecular weight is 707 g/mol. The molecule has 0 amide bonds. The lowest BCUT2D eigenvalue weighted by Crippen LogP contribution is -2.24. The molecule has 0 spiro atoms. The van der Waals surface area contributed by atoms with E-state index in [0.29, 0.717) is 52.9 Å². The third kappa shape index (κ3) is 10.9. The molecule has 1 aliphatic rings. The van der Waals surface area contributed by atoms with Crippen molar-refractivity contribution < 1.29 is 28.4 Å². The molecule has 0 aliphatic carbocycles. The number of ether oxygens (including phenoxy) is 6. The molecule has 0 bridgehead atoms. The zero-order valence-corrected chi connectivity index (χ0v) is 30.2. The van der Waals surface area contributed by atoms with Crippen LogP contribution in [-0.2, 0) is 35.7 Å². The van der Waals surface area contributed by atoms with Crippen molar-refractivity contribution in [2.24, 2.45) is 0 Å². The van der Waals surface area contributed by atoms with Gasteiger partial charge in [-0.1, -0.05) is 13.8 Å². The van der Waals surface area contributed by atoms with Crippen LogP contribution in [0.25, 0.3) is 0 Å². The van der Waals surface area contributed by atoms with Gasteiger partial charge in [0, 0.05) is 26.2 Å². The van der Waals surface area contributed by atoms with Gasteiger partial charge in [0.2, 0.25) is 0 Å². The Morgan fingerprint density at radius 3 is 1.00 bits per heavy atom. The van der Waals surface area contributed by atoms with Gasteiger partial charge in [0.15, 0.2) is 0 Å². The maximum Gasteiger partial charge on any atom is 0.134 e. The lowest BCUT2D eigenvalue weighted by molar-refractivity contribution is 0.0752. The van der Waals surface area contributed by atoms with Crippen molar-refractivity contribution in [2.75, 3.05) is 65.9 Å². The van der Waals surface area contributed by atoms with Crippen LogP contribution in [0.15, 0.2) is 45.8 Å². The van der Waals surface area contributed by atoms with E-state index in [9.17, 15) is 0 Å². The Hall–Kier alpha value is -2.16. The fourth-order valence-electron chi connectivity index (χ4n) is 5.21. The van der Waals surface area contributed by atoms with Gasteiger partial charge in [-0.2, -0.15) is 0 Å². The average Bonchev–Trinajstić information content (AvgIpc) is 3.87. The van der Waals surface area contributed by atoms with Gasteiger partial charge in [-0.15, -0.1) is 45.3 Å². The second-order valence-electron chi connectivity index (χ2n) is 10.9. The van der Waals surface area contributed by atoms with E-state index in [2.05, 4.69) is 69.4 Å². The first kappa shape index (κ1) is 35.2. The van der Waals surface area contributed by atoms with E-state index < -0.39 is 0 Å². The molecule has 0 N–H and O–H groups in total. The molecule has 12 heteroatoms. The minimum absolute atomic E-state index is 0.507. The fourth-order valence-corrected chi connectivity index (χ4v) is 8.63. The number of hydrogen-bond acceptors (Lipinski definition) is 12. The molecular formula is C34H46N2O6S4. The number of nitrogens with zero attached hydrogens (tertiary/aromatic N) is 2. The third-order valence-corrected chi connectivity index (χ3v) is 10.9. The van der Waals surface area contributed by atoms with Crippen molar-refractivity contribution in [3.05, 3.63) is 65.3 Å². The fraction of sp³-hybridized carbons (Fsp3) is 0.529. The molecule has 0 saturated carbocycles. The summed E-state index contributed by atoms with van der Waals surface area (Å²) in [6.45, 7) is 13.9. The normalized spacial score (nSPS) is 17.4. The standard InChI is InChI=1S/C34H46N2O6S4/c1-3-9-35-23-31-27(5-19-43-31)39-15-11-37-13-17-41-29-7-21-45-33(29)25-36(10-4-2)26-34-30(8-22-46-34)42-18-14-38-12-16-40-28-6-20-44-32(28)24-35/h5-8,19-22H,3-4,9-18,23-26H2,1-2H3. The second-order valence-corrected chi connectivity index (χ2v) is 14.9. The van der Waals surface area contributed by atoms with Gasteiger partial charge >= 0.3 is 0 Å². The quantitative estimate of drug-likeness (QED) is 0.212. The lowest BCUT2D eigenvalue weighted by atomic mass is 10.3. The molecule has 8 nitrogen and oxygen atoms in total. The van der Waals surface area contributed by atoms with Crippen LogP contribution in [0.4, 0.5) is 0 Å². The van der Waals surface area contributed by atoms with Crippen molar-refractivity contribution >= 4 is 45.3 Å². The van der Waals surface area contributed by atoms with E-state index in [-0.39, 0.29) is 0 Å². The Morgan fingerprint density at radius 1 is 0.457 bits per heavy atom. The van der Waals surface area contributed by atoms with Gasteiger partial charge in [0.05, 0.1) is 45.9 Å². The molecule has 5 heterocycles. The van der Waals surface area contributed by atoms with E-state index in [1.807, 2.05) is 0 Å². The van der Waals surface area contributed by atoms with Crippen LogP contribution in [-0.4, -0.2) is 75.7 Å². The summed E-state index contributed by atoms with van der Waals surface area (Å²) in [4.78, 5) is 9.86. The number of thiophene rings is 4. The van der Waals surface area contributed by atoms with Gasteiger partial charge in [-0.3, -0.25) is 9.80 Å². The van der Waals surface area contributed by atoms with Crippen molar-refractivity contribution in [1.29, 1.82) is 0 Å². The maximum atomic E-state index is 6.16. The van der Waals surface area contributed by atoms with Crippen LogP contribution >= 0.6 is 45.3 Å². The second kappa shape index (κ2) is 19.6. The molecule has 0 unspecified atom stereocenters. The third-order valence-electron chi connectivity index (χ3n) is 7.31. The molecule has 5 rings (SSSR count). The van der Waals surface area contributed by atoms with Crippen LogP contribution in [0.2, 0.25) is 0 Å². The van der Waals surface area contributed by atoms with Crippen LogP contribution < -0.4 is 18.9 Å². The number of hydrogen-bond donors (Lipinski definition) is 0. The van der Waals surface area contributed by atoms with Crippen LogP contribution in [0.1, 0.15) is 46.2 Å². The first-order valence-corrected chi connectivity index (χ1v) is 19.6. The highest BCUT2D eigenvalue weighted by atomic mass is 32.1. The summed E-state index contributed by atoms with van der Waals surface area (Å²) in [7, 11) is 0. The van der Waals surface area contributed by atoms with Gasteiger partial charge in [0.1, 0.15) is 49.4 Å². The monoisotopic (exact) mass is 706 g/mol. The van der Waals surface area contributed by atoms with Gasteiger partial charge in [-0.05, 0) is 71.7 Å². The molecule has 46 heavy (non-hydrogen) atoms. The van der Waals surface area contributed by atoms with Crippen molar-refractivity contribution in [1.82, 2.24) is 9.80 Å². The molecule has 0 fully saturated rings. The Balaban J connectivity index is 1.22. The smallest absolute Gasteiger partial charge is 0.134 e. The molecular weight excluding hydrogens is 661 g/mol. The van der Waals surface area contributed by atoms with Crippen molar-refractivity contribution in [3.8, 4) is 23.0 Å². The maximum absolute atomic E-state index is 6.16. The highest BCUT2D eigenvalue weighted by Crippen LogP contribution is 2.32. The van der Waals surface area contributed by atoms with Gasteiger partial charge in [-0.25, -0.2) is 0 Å². The minimum Gasteiger partial charge on any atom is -0.490 e. The van der Waals surface area contributed by atoms with E-state index in [1.165, 1.54) is 19.5 Å². The zero-order chi connectivity index (χ0) is 31.8. The predicted molar refractivity (Wildman–Crippen MR) is 190 cm³/mol. The summed E-state index contributed by atoms with van der Waals surface area (Å²) < 4.78 is 36.4. The summed E-state index contributed by atoms with van der Waals surface area (Å²) in [6, 6.07) is 8.26. The van der Waals surface area contributed by atoms with Crippen LogP contribution in [0.5, 0.6) is 23.0 Å². The molecule has 0 saturated heterocycles. The van der Waals surface area contributed by atoms with Crippen molar-refractivity contribution in [2.45, 2.75) is 52.9 Å². The van der Waals surface area contributed by atoms with E-state index in [4.69, 9.17) is 28.4 Å². The largest absolute Gasteiger partial charge is 0.490 e. The molecule has 4 aromatic rings. The molecule has 0 aromatic carbocycles. The van der Waals surface area contributed by atoms with Crippen LogP contribution in [0, 0.1) is 0 Å². The summed E-state index contributed by atoms with van der Waals surface area (Å²) in [5.74, 6) is 3.77. The molecule has 1 aliphatic heterocycles. The Morgan fingerprint density at radius 2 is 0.739 bits per heavy atom. The highest BCUT2D eigenvalue weighted by Gasteiger charge is 2.17. The van der Waals surface area contributed by atoms with E-state index >= 15 is 0 Å². The SMILES string of the molecule is CCCN1Cc2sccc2OCCOCCOc2ccsc2CN(CCC)Cc2sccc2OCCOCCOc2ccsc2C1. The summed E-state index contributed by atoms with van der Waals surface area (Å²) in [5.41, 5.74) is 0. The van der Waals surface area contributed by atoms with E-state index in [1.54, 1.807) is 45.3 Å². The molecule has 0 atom stereocenters. The Bertz CT molecular complexity index is 1200. The van der Waals surface area contributed by atoms with Gasteiger partial charge in [0.25, 0.3) is 0 Å².